The van der Waals surface area contributed by atoms with Crippen LogP contribution in [-0.2, 0) is 4.74 Å². The van der Waals surface area contributed by atoms with Crippen LogP contribution in [0.5, 0.6) is 0 Å². The third-order valence-corrected chi connectivity index (χ3v) is 2.70. The Morgan fingerprint density at radius 3 is 2.71 bits per heavy atom. The molecule has 1 rings (SSSR count). The normalized spacial score (nSPS) is 13.1. The molecule has 1 atom stereocenters. The fraction of sp³-hybridized carbons (Fsp3) is 0.538. The van der Waals surface area contributed by atoms with Gasteiger partial charge < -0.3 is 10.1 Å². The summed E-state index contributed by atoms with van der Waals surface area (Å²) < 4.78 is 19.4. The topological polar surface area (TPSA) is 21.3 Å². The largest absolute Gasteiger partial charge is 0.377 e. The zero-order chi connectivity index (χ0) is 12.8. The molecule has 0 radical (unpaired) electrons. The first-order valence-corrected chi connectivity index (χ1v) is 6.23. The van der Waals surface area contributed by atoms with Crippen LogP contribution in [0.25, 0.3) is 0 Å². The quantitative estimate of drug-likeness (QED) is 0.844. The maximum atomic E-state index is 13.9. The minimum atomic E-state index is -0.368. The monoisotopic (exact) mass is 259 g/mol. The van der Waals surface area contributed by atoms with Crippen LogP contribution in [0.1, 0.15) is 32.4 Å². The lowest BCUT2D eigenvalue weighted by Crippen LogP contribution is -2.27. The summed E-state index contributed by atoms with van der Waals surface area (Å²) in [5.74, 6) is -0.368. The van der Waals surface area contributed by atoms with Crippen molar-refractivity contribution in [2.45, 2.75) is 32.9 Å². The molecule has 2 nitrogen and oxygen atoms in total. The van der Waals surface area contributed by atoms with Crippen molar-refractivity contribution in [2.75, 3.05) is 13.2 Å². The van der Waals surface area contributed by atoms with E-state index in [1.165, 1.54) is 0 Å². The Bertz CT molecular complexity index is 357. The fourth-order valence-corrected chi connectivity index (χ4v) is 1.77. The molecule has 17 heavy (non-hydrogen) atoms. The molecule has 0 saturated heterocycles. The Morgan fingerprint density at radius 1 is 1.41 bits per heavy atom. The van der Waals surface area contributed by atoms with Gasteiger partial charge >= 0.3 is 0 Å². The fourth-order valence-electron chi connectivity index (χ4n) is 1.58. The molecular weight excluding hydrogens is 241 g/mol. The van der Waals surface area contributed by atoms with E-state index in [9.17, 15) is 4.39 Å². The first-order valence-electron chi connectivity index (χ1n) is 5.85. The summed E-state index contributed by atoms with van der Waals surface area (Å²) >= 11 is 5.78. The standard InChI is InChI=1S/C13H19ClFNO/c1-4-16-12(8-17-9(2)3)10-6-5-7-11(14)13(10)15/h5-7,9,12,16H,4,8H2,1-3H3. The van der Waals surface area contributed by atoms with Gasteiger partial charge in [0.15, 0.2) is 0 Å². The predicted octanol–water partition coefficient (Wildman–Crippen LogP) is 3.55. The van der Waals surface area contributed by atoms with Crippen molar-refractivity contribution in [3.63, 3.8) is 0 Å². The Kier molecular flexibility index (Phi) is 5.89. The van der Waals surface area contributed by atoms with E-state index >= 15 is 0 Å². The van der Waals surface area contributed by atoms with Gasteiger partial charge in [-0.15, -0.1) is 0 Å². The van der Waals surface area contributed by atoms with Crippen molar-refractivity contribution < 1.29 is 9.13 Å². The highest BCUT2D eigenvalue weighted by Gasteiger charge is 2.17. The van der Waals surface area contributed by atoms with Crippen molar-refractivity contribution in [3.8, 4) is 0 Å². The maximum absolute atomic E-state index is 13.9. The molecule has 0 heterocycles. The lowest BCUT2D eigenvalue weighted by atomic mass is 10.1. The first kappa shape index (κ1) is 14.4. The van der Waals surface area contributed by atoms with Gasteiger partial charge in [-0.3, -0.25) is 0 Å². The molecule has 0 spiro atoms. The van der Waals surface area contributed by atoms with Crippen LogP contribution in [0.3, 0.4) is 0 Å². The van der Waals surface area contributed by atoms with E-state index in [4.69, 9.17) is 16.3 Å². The Morgan fingerprint density at radius 2 is 2.12 bits per heavy atom. The number of benzene rings is 1. The summed E-state index contributed by atoms with van der Waals surface area (Å²) in [4.78, 5) is 0. The van der Waals surface area contributed by atoms with E-state index < -0.39 is 0 Å². The summed E-state index contributed by atoms with van der Waals surface area (Å²) in [7, 11) is 0. The smallest absolute Gasteiger partial charge is 0.146 e. The number of ether oxygens (including phenoxy) is 1. The number of nitrogens with one attached hydrogen (secondary N) is 1. The minimum absolute atomic E-state index is 0.124. The molecule has 1 aromatic rings. The Labute approximate surface area is 107 Å². The molecule has 0 aliphatic rings. The highest BCUT2D eigenvalue weighted by atomic mass is 35.5. The number of rotatable bonds is 6. The molecule has 0 fully saturated rings. The molecule has 0 aliphatic carbocycles. The van der Waals surface area contributed by atoms with Gasteiger partial charge in [-0.25, -0.2) is 4.39 Å². The van der Waals surface area contributed by atoms with E-state index in [1.54, 1.807) is 18.2 Å². The van der Waals surface area contributed by atoms with Crippen LogP contribution >= 0.6 is 11.6 Å². The summed E-state index contributed by atoms with van der Waals surface area (Å²) in [5.41, 5.74) is 0.556. The number of hydrogen-bond donors (Lipinski definition) is 1. The maximum Gasteiger partial charge on any atom is 0.146 e. The molecule has 96 valence electrons. The van der Waals surface area contributed by atoms with Gasteiger partial charge in [-0.05, 0) is 26.5 Å². The summed E-state index contributed by atoms with van der Waals surface area (Å²) in [5, 5.41) is 3.35. The second-order valence-corrected chi connectivity index (χ2v) is 4.54. The average Bonchev–Trinajstić information content (AvgIpc) is 2.28. The van der Waals surface area contributed by atoms with E-state index in [1.807, 2.05) is 20.8 Å². The average molecular weight is 260 g/mol. The third kappa shape index (κ3) is 4.26. The van der Waals surface area contributed by atoms with Crippen molar-refractivity contribution in [3.05, 3.63) is 34.6 Å². The molecule has 0 amide bonds. The van der Waals surface area contributed by atoms with Crippen LogP contribution < -0.4 is 5.32 Å². The SMILES string of the molecule is CCNC(COC(C)C)c1cccc(Cl)c1F. The Balaban J connectivity index is 2.85. The van der Waals surface area contributed by atoms with Crippen LogP contribution in [0, 0.1) is 5.82 Å². The van der Waals surface area contributed by atoms with Crippen LogP contribution in [0.2, 0.25) is 5.02 Å². The molecule has 1 unspecified atom stereocenters. The highest BCUT2D eigenvalue weighted by molar-refractivity contribution is 6.30. The van der Waals surface area contributed by atoms with Gasteiger partial charge in [0.2, 0.25) is 0 Å². The number of halogens is 2. The van der Waals surface area contributed by atoms with Gasteiger partial charge in [0.1, 0.15) is 5.82 Å². The molecule has 0 saturated carbocycles. The lowest BCUT2D eigenvalue weighted by molar-refractivity contribution is 0.0607. The molecular formula is C13H19ClFNO. The molecule has 1 N–H and O–H groups in total. The minimum Gasteiger partial charge on any atom is -0.377 e. The van der Waals surface area contributed by atoms with Gasteiger partial charge in [-0.1, -0.05) is 30.7 Å². The van der Waals surface area contributed by atoms with Crippen LogP contribution in [-0.4, -0.2) is 19.3 Å². The van der Waals surface area contributed by atoms with Gasteiger partial charge in [0, 0.05) is 5.56 Å². The summed E-state index contributed by atoms with van der Waals surface area (Å²) in [6.45, 7) is 7.07. The second kappa shape index (κ2) is 6.94. The van der Waals surface area contributed by atoms with E-state index in [2.05, 4.69) is 5.32 Å². The van der Waals surface area contributed by atoms with Gasteiger partial charge in [0.05, 0.1) is 23.8 Å². The van der Waals surface area contributed by atoms with Crippen LogP contribution in [0.15, 0.2) is 18.2 Å². The third-order valence-electron chi connectivity index (χ3n) is 2.40. The molecule has 1 aromatic carbocycles. The van der Waals surface area contributed by atoms with Crippen molar-refractivity contribution in [2.24, 2.45) is 0 Å². The number of likely N-dealkylation sites (N-methyl/N-ethyl adjacent to an activating group) is 1. The lowest BCUT2D eigenvalue weighted by Gasteiger charge is -2.20. The van der Waals surface area contributed by atoms with Crippen molar-refractivity contribution in [1.29, 1.82) is 0 Å². The first-order chi connectivity index (χ1) is 8.06. The van der Waals surface area contributed by atoms with E-state index in [-0.39, 0.29) is 23.0 Å². The Hall–Kier alpha value is -0.640. The zero-order valence-electron chi connectivity index (χ0n) is 10.5. The molecule has 0 aliphatic heterocycles. The van der Waals surface area contributed by atoms with Gasteiger partial charge in [-0.2, -0.15) is 0 Å². The van der Waals surface area contributed by atoms with Crippen molar-refractivity contribution >= 4 is 11.6 Å². The highest BCUT2D eigenvalue weighted by Crippen LogP contribution is 2.23. The second-order valence-electron chi connectivity index (χ2n) is 4.14. The predicted molar refractivity (Wildman–Crippen MR) is 68.9 cm³/mol. The summed E-state index contributed by atoms with van der Waals surface area (Å²) in [6, 6.07) is 4.87. The number of hydrogen-bond acceptors (Lipinski definition) is 2. The molecule has 4 heteroatoms. The zero-order valence-corrected chi connectivity index (χ0v) is 11.2. The van der Waals surface area contributed by atoms with Crippen LogP contribution in [0.4, 0.5) is 4.39 Å². The summed E-state index contributed by atoms with van der Waals surface area (Å²) in [6.07, 6.45) is 0.124. The van der Waals surface area contributed by atoms with E-state index in [0.29, 0.717) is 12.2 Å². The molecule has 0 aromatic heterocycles. The molecule has 0 bridgehead atoms. The van der Waals surface area contributed by atoms with E-state index in [0.717, 1.165) is 6.54 Å². The van der Waals surface area contributed by atoms with Gasteiger partial charge in [0.25, 0.3) is 0 Å². The van der Waals surface area contributed by atoms with Crippen molar-refractivity contribution in [1.82, 2.24) is 5.32 Å².